The molecule has 32 heavy (non-hydrogen) atoms. The first-order valence-electron chi connectivity index (χ1n) is 13.8. The molecule has 0 aliphatic heterocycles. The second-order valence-corrected chi connectivity index (χ2v) is 15.0. The van der Waals surface area contributed by atoms with Gasteiger partial charge in [0.15, 0.2) is 0 Å². The monoisotopic (exact) mass is 440 g/mol. The molecule has 5 aliphatic carbocycles. The number of aldehydes is 1. The van der Waals surface area contributed by atoms with E-state index in [1.165, 1.54) is 44.8 Å². The third kappa shape index (κ3) is 2.65. The lowest BCUT2D eigenvalue weighted by Crippen LogP contribution is -2.69. The fourth-order valence-corrected chi connectivity index (χ4v) is 11.1. The van der Waals surface area contributed by atoms with Gasteiger partial charge in [-0.25, -0.2) is 0 Å². The van der Waals surface area contributed by atoms with E-state index in [2.05, 4.69) is 48.5 Å². The van der Waals surface area contributed by atoms with E-state index in [0.29, 0.717) is 34.4 Å². The van der Waals surface area contributed by atoms with Crippen LogP contribution in [0.1, 0.15) is 119 Å². The first-order valence-corrected chi connectivity index (χ1v) is 13.8. The Morgan fingerprint density at radius 1 is 0.750 bits per heavy atom. The van der Waals surface area contributed by atoms with Crippen molar-refractivity contribution in [2.45, 2.75) is 119 Å². The minimum absolute atomic E-state index is 0.119. The largest absolute Gasteiger partial charge is 0.303 e. The predicted molar refractivity (Wildman–Crippen MR) is 130 cm³/mol. The first-order chi connectivity index (χ1) is 14.8. The standard InChI is InChI=1S/C30H48O2/c1-20-21(32)8-9-22-27(20,5)11-10-23-28(22,6)15-16-29(7)24-18-25(2,3)12-13-26(24,4)14-17-30(23,29)19-31/h19-20,22-24H,8-18H2,1-7H3/t20-,22+,23-,24+,26+,27+,28-,29-,30-/m0/s1. The maximum absolute atomic E-state index is 13.4. The molecule has 0 N–H and O–H groups in total. The molecule has 0 heterocycles. The van der Waals surface area contributed by atoms with Crippen molar-refractivity contribution in [1.29, 1.82) is 0 Å². The summed E-state index contributed by atoms with van der Waals surface area (Å²) in [5.41, 5.74) is 1.05. The molecule has 5 aliphatic rings. The van der Waals surface area contributed by atoms with Gasteiger partial charge in [-0.05, 0) is 109 Å². The van der Waals surface area contributed by atoms with Crippen molar-refractivity contribution < 1.29 is 9.59 Å². The smallest absolute Gasteiger partial charge is 0.136 e. The molecular weight excluding hydrogens is 392 g/mol. The van der Waals surface area contributed by atoms with Crippen LogP contribution in [-0.4, -0.2) is 12.1 Å². The zero-order chi connectivity index (χ0) is 23.4. The van der Waals surface area contributed by atoms with Gasteiger partial charge in [-0.3, -0.25) is 4.79 Å². The van der Waals surface area contributed by atoms with Gasteiger partial charge in [0.25, 0.3) is 0 Å². The molecule has 0 spiro atoms. The van der Waals surface area contributed by atoms with Crippen molar-refractivity contribution >= 4 is 12.1 Å². The van der Waals surface area contributed by atoms with Gasteiger partial charge in [0.1, 0.15) is 12.1 Å². The third-order valence-electron chi connectivity index (χ3n) is 13.4. The lowest BCUT2D eigenvalue weighted by molar-refractivity contribution is -0.249. The summed E-state index contributed by atoms with van der Waals surface area (Å²) in [5.74, 6) is 2.38. The molecule has 0 radical (unpaired) electrons. The molecule has 2 nitrogen and oxygen atoms in total. The molecule has 5 rings (SSSR count). The summed E-state index contributed by atoms with van der Waals surface area (Å²) < 4.78 is 0. The van der Waals surface area contributed by atoms with Crippen LogP contribution in [0.5, 0.6) is 0 Å². The van der Waals surface area contributed by atoms with Crippen LogP contribution in [0, 0.1) is 56.2 Å². The number of rotatable bonds is 1. The van der Waals surface area contributed by atoms with Gasteiger partial charge in [0, 0.05) is 17.8 Å². The Bertz CT molecular complexity index is 829. The van der Waals surface area contributed by atoms with E-state index in [-0.39, 0.29) is 27.6 Å². The highest BCUT2D eigenvalue weighted by Crippen LogP contribution is 2.77. The van der Waals surface area contributed by atoms with Crippen molar-refractivity contribution in [2.24, 2.45) is 56.2 Å². The van der Waals surface area contributed by atoms with Gasteiger partial charge >= 0.3 is 0 Å². The summed E-state index contributed by atoms with van der Waals surface area (Å²) in [5, 5.41) is 0. The highest BCUT2D eigenvalue weighted by Gasteiger charge is 2.72. The Kier molecular flexibility index (Phi) is 4.85. The highest BCUT2D eigenvalue weighted by molar-refractivity contribution is 5.82. The van der Waals surface area contributed by atoms with Crippen LogP contribution < -0.4 is 0 Å². The molecule has 0 aromatic rings. The maximum atomic E-state index is 13.4. The Morgan fingerprint density at radius 2 is 1.44 bits per heavy atom. The Balaban J connectivity index is 1.59. The molecule has 0 saturated heterocycles. The quantitative estimate of drug-likeness (QED) is 0.393. The van der Waals surface area contributed by atoms with E-state index in [0.717, 1.165) is 32.1 Å². The van der Waals surface area contributed by atoms with Crippen LogP contribution in [-0.2, 0) is 9.59 Å². The van der Waals surface area contributed by atoms with Crippen LogP contribution in [0.4, 0.5) is 0 Å². The minimum Gasteiger partial charge on any atom is -0.303 e. The molecule has 180 valence electrons. The van der Waals surface area contributed by atoms with Crippen molar-refractivity contribution in [3.8, 4) is 0 Å². The number of carbonyl (C=O) groups is 2. The van der Waals surface area contributed by atoms with E-state index in [1.807, 2.05) is 0 Å². The first kappa shape index (κ1) is 23.1. The van der Waals surface area contributed by atoms with Crippen LogP contribution in [0.25, 0.3) is 0 Å². The molecule has 0 unspecified atom stereocenters. The summed E-state index contributed by atoms with van der Waals surface area (Å²) in [6, 6.07) is 0. The summed E-state index contributed by atoms with van der Waals surface area (Å²) >= 11 is 0. The molecule has 2 heteroatoms. The lowest BCUT2D eigenvalue weighted by Gasteiger charge is -2.74. The average Bonchev–Trinajstić information content (AvgIpc) is 2.73. The zero-order valence-electron chi connectivity index (χ0n) is 22.0. The molecule has 5 fully saturated rings. The SMILES string of the molecule is C[C@H]1C(=O)CC[C@@H]2[C@]1(C)CC[C@H]1[C@@]2(C)CC[C@@]2(C)[C@@H]3CC(C)(C)CC[C@]3(C)CC[C@]12C=O. The van der Waals surface area contributed by atoms with Crippen LogP contribution >= 0.6 is 0 Å². The number of ketones is 1. The van der Waals surface area contributed by atoms with Gasteiger partial charge in [-0.2, -0.15) is 0 Å². The minimum atomic E-state index is -0.177. The van der Waals surface area contributed by atoms with Gasteiger partial charge < -0.3 is 4.79 Å². The lowest BCUT2D eigenvalue weighted by atomic mass is 9.30. The summed E-state index contributed by atoms with van der Waals surface area (Å²) in [6.45, 7) is 17.2. The van der Waals surface area contributed by atoms with Crippen LogP contribution in [0.2, 0.25) is 0 Å². The van der Waals surface area contributed by atoms with E-state index in [9.17, 15) is 9.59 Å². The Hall–Kier alpha value is -0.660. The fraction of sp³-hybridized carbons (Fsp3) is 0.933. The highest BCUT2D eigenvalue weighted by atomic mass is 16.1. The maximum Gasteiger partial charge on any atom is 0.136 e. The summed E-state index contributed by atoms with van der Waals surface area (Å²) in [6.07, 6.45) is 14.3. The summed E-state index contributed by atoms with van der Waals surface area (Å²) in [7, 11) is 0. The Morgan fingerprint density at radius 3 is 2.12 bits per heavy atom. The van der Waals surface area contributed by atoms with Gasteiger partial charge in [-0.15, -0.1) is 0 Å². The molecule has 0 aromatic heterocycles. The van der Waals surface area contributed by atoms with Gasteiger partial charge in [0.05, 0.1) is 0 Å². The zero-order valence-corrected chi connectivity index (χ0v) is 22.0. The predicted octanol–water partition coefficient (Wildman–Crippen LogP) is 7.64. The molecule has 0 bridgehead atoms. The van der Waals surface area contributed by atoms with Crippen LogP contribution in [0.15, 0.2) is 0 Å². The number of carbonyl (C=O) groups excluding carboxylic acids is 2. The van der Waals surface area contributed by atoms with Crippen molar-refractivity contribution in [1.82, 2.24) is 0 Å². The molecule has 9 atom stereocenters. The van der Waals surface area contributed by atoms with Crippen molar-refractivity contribution in [3.05, 3.63) is 0 Å². The topological polar surface area (TPSA) is 34.1 Å². The molecular formula is C30H48O2. The van der Waals surface area contributed by atoms with E-state index in [1.54, 1.807) is 0 Å². The third-order valence-corrected chi connectivity index (χ3v) is 13.4. The average molecular weight is 441 g/mol. The van der Waals surface area contributed by atoms with Gasteiger partial charge in [0.2, 0.25) is 0 Å². The second kappa shape index (κ2) is 6.72. The summed E-state index contributed by atoms with van der Waals surface area (Å²) in [4.78, 5) is 26.1. The normalized spacial score (nSPS) is 56.9. The molecule has 5 saturated carbocycles. The second-order valence-electron chi connectivity index (χ2n) is 15.0. The van der Waals surface area contributed by atoms with Crippen molar-refractivity contribution in [3.63, 3.8) is 0 Å². The van der Waals surface area contributed by atoms with Crippen molar-refractivity contribution in [2.75, 3.05) is 0 Å². The van der Waals surface area contributed by atoms with Gasteiger partial charge in [-0.1, -0.05) is 48.5 Å². The number of Topliss-reactive ketones (excluding diaryl/α,β-unsaturated/α-hetero) is 1. The molecule has 0 aromatic carbocycles. The number of fused-ring (bicyclic) bond motifs is 7. The fourth-order valence-electron chi connectivity index (χ4n) is 11.1. The Labute approximate surface area is 197 Å². The number of hydrogen-bond donors (Lipinski definition) is 0. The van der Waals surface area contributed by atoms with E-state index >= 15 is 0 Å². The van der Waals surface area contributed by atoms with Crippen LogP contribution in [0.3, 0.4) is 0 Å². The molecule has 0 amide bonds. The van der Waals surface area contributed by atoms with E-state index < -0.39 is 0 Å². The van der Waals surface area contributed by atoms with E-state index in [4.69, 9.17) is 0 Å². The number of hydrogen-bond acceptors (Lipinski definition) is 2.